The molecule has 222 valence electrons. The molecule has 0 bridgehead atoms. The highest BCUT2D eigenvalue weighted by Crippen LogP contribution is 2.44. The number of carbonyl (C=O) groups is 2. The minimum atomic E-state index is -1.01. The first-order valence-corrected chi connectivity index (χ1v) is 15.9. The van der Waals surface area contributed by atoms with E-state index in [4.69, 9.17) is 4.74 Å². The van der Waals surface area contributed by atoms with Crippen LogP contribution in [-0.2, 0) is 15.3 Å². The first-order chi connectivity index (χ1) is 21.4. The van der Waals surface area contributed by atoms with Crippen molar-refractivity contribution in [1.82, 2.24) is 10.2 Å². The van der Waals surface area contributed by atoms with Crippen molar-refractivity contribution in [2.45, 2.75) is 36.4 Å². The third kappa shape index (κ3) is 5.70. The molecule has 0 aliphatic carbocycles. The SMILES string of the molecule is CCCOc1ccc(C2/C(=C(/O)c3ccc(C)c(F)c3)C(=O)C(=O)N2c2nnc(SCc3cccc4ccccc34)s2)cc1. The summed E-state index contributed by atoms with van der Waals surface area (Å²) in [6.07, 6.45) is 0.840. The van der Waals surface area contributed by atoms with Crippen molar-refractivity contribution < 1.29 is 23.8 Å². The van der Waals surface area contributed by atoms with Crippen LogP contribution in [0.15, 0.2) is 94.8 Å². The van der Waals surface area contributed by atoms with E-state index in [1.165, 1.54) is 40.1 Å². The van der Waals surface area contributed by atoms with Gasteiger partial charge in [-0.15, -0.1) is 10.2 Å². The van der Waals surface area contributed by atoms with Crippen LogP contribution in [0.4, 0.5) is 9.52 Å². The third-order valence-electron chi connectivity index (χ3n) is 7.39. The highest BCUT2D eigenvalue weighted by atomic mass is 32.2. The molecule has 6 rings (SSSR count). The number of ether oxygens (including phenoxy) is 1. The zero-order valence-electron chi connectivity index (χ0n) is 24.0. The first kappa shape index (κ1) is 29.5. The number of amides is 1. The standard InChI is InChI=1S/C34H28FN3O4S2/c1-3-17-42-25-15-13-22(14-16-25)29-28(30(39)23-12-11-20(2)27(35)18-23)31(40)32(41)38(29)33-36-37-34(44-33)43-19-24-9-6-8-21-7-4-5-10-26(21)24/h4-16,18,29,39H,3,17,19H2,1-2H3/b30-28-. The average Bonchev–Trinajstić information content (AvgIpc) is 3.61. The molecule has 1 fully saturated rings. The number of aliphatic hydroxyl groups is 1. The lowest BCUT2D eigenvalue weighted by Crippen LogP contribution is -2.29. The number of hydrogen-bond acceptors (Lipinski definition) is 8. The molecule has 1 saturated heterocycles. The quantitative estimate of drug-likeness (QED) is 0.0586. The Morgan fingerprint density at radius 1 is 1.02 bits per heavy atom. The Kier molecular flexibility index (Phi) is 8.45. The molecule has 1 aliphatic rings. The molecule has 7 nitrogen and oxygen atoms in total. The highest BCUT2D eigenvalue weighted by Gasteiger charge is 2.48. The van der Waals surface area contributed by atoms with Crippen LogP contribution < -0.4 is 9.64 Å². The van der Waals surface area contributed by atoms with Crippen molar-refractivity contribution in [2.24, 2.45) is 0 Å². The van der Waals surface area contributed by atoms with Gasteiger partial charge in [-0.3, -0.25) is 14.5 Å². The fraction of sp³-hybridized carbons (Fsp3) is 0.176. The number of nitrogens with zero attached hydrogens (tertiary/aromatic N) is 3. The van der Waals surface area contributed by atoms with Crippen molar-refractivity contribution >= 4 is 56.5 Å². The van der Waals surface area contributed by atoms with Gasteiger partial charge in [0.2, 0.25) is 5.13 Å². The number of anilines is 1. The zero-order chi connectivity index (χ0) is 30.8. The average molecular weight is 626 g/mol. The molecule has 1 amide bonds. The zero-order valence-corrected chi connectivity index (χ0v) is 25.6. The Labute approximate surface area is 262 Å². The van der Waals surface area contributed by atoms with Crippen LogP contribution in [0.2, 0.25) is 0 Å². The van der Waals surface area contributed by atoms with E-state index < -0.39 is 29.3 Å². The topological polar surface area (TPSA) is 92.6 Å². The van der Waals surface area contributed by atoms with Crippen LogP contribution in [0.3, 0.4) is 0 Å². The van der Waals surface area contributed by atoms with Crippen LogP contribution >= 0.6 is 23.1 Å². The number of aryl methyl sites for hydroxylation is 1. The molecule has 2 heterocycles. The van der Waals surface area contributed by atoms with Crippen LogP contribution in [0.5, 0.6) is 5.75 Å². The molecule has 1 unspecified atom stereocenters. The monoisotopic (exact) mass is 625 g/mol. The van der Waals surface area contributed by atoms with Gasteiger partial charge in [0.05, 0.1) is 18.2 Å². The Balaban J connectivity index is 1.37. The maximum atomic E-state index is 14.5. The van der Waals surface area contributed by atoms with Crippen LogP contribution in [-0.4, -0.2) is 33.6 Å². The van der Waals surface area contributed by atoms with Gasteiger partial charge >= 0.3 is 5.91 Å². The van der Waals surface area contributed by atoms with Gasteiger partial charge in [-0.25, -0.2) is 4.39 Å². The van der Waals surface area contributed by atoms with E-state index in [1.807, 2.05) is 25.1 Å². The number of carbonyl (C=O) groups excluding carboxylic acids is 2. The summed E-state index contributed by atoms with van der Waals surface area (Å²) >= 11 is 2.68. The minimum absolute atomic E-state index is 0.0996. The lowest BCUT2D eigenvalue weighted by Gasteiger charge is -2.22. The van der Waals surface area contributed by atoms with Gasteiger partial charge in [0.25, 0.3) is 5.78 Å². The minimum Gasteiger partial charge on any atom is -0.507 e. The third-order valence-corrected chi connectivity index (χ3v) is 9.50. The Morgan fingerprint density at radius 3 is 2.57 bits per heavy atom. The fourth-order valence-corrected chi connectivity index (χ4v) is 6.99. The van der Waals surface area contributed by atoms with Crippen molar-refractivity contribution in [3.05, 3.63) is 119 Å². The number of ketones is 1. The van der Waals surface area contributed by atoms with Crippen LogP contribution in [0.1, 0.15) is 41.6 Å². The highest BCUT2D eigenvalue weighted by molar-refractivity contribution is 8.00. The van der Waals surface area contributed by atoms with Gasteiger partial charge in [-0.2, -0.15) is 0 Å². The molecule has 44 heavy (non-hydrogen) atoms. The van der Waals surface area contributed by atoms with Gasteiger partial charge in [-0.05, 0) is 59.0 Å². The molecule has 0 spiro atoms. The summed E-state index contributed by atoms with van der Waals surface area (Å²) in [5.41, 5.74) is 2.04. The molecule has 1 aliphatic heterocycles. The van der Waals surface area contributed by atoms with Gasteiger partial charge in [0.15, 0.2) is 4.34 Å². The van der Waals surface area contributed by atoms with E-state index in [9.17, 15) is 19.1 Å². The van der Waals surface area contributed by atoms with E-state index in [-0.39, 0.29) is 16.3 Å². The second-order valence-corrected chi connectivity index (χ2v) is 12.5. The largest absolute Gasteiger partial charge is 0.507 e. The van der Waals surface area contributed by atoms with E-state index >= 15 is 0 Å². The Bertz CT molecular complexity index is 1900. The lowest BCUT2D eigenvalue weighted by molar-refractivity contribution is -0.132. The fourth-order valence-electron chi connectivity index (χ4n) is 5.12. The van der Waals surface area contributed by atoms with E-state index in [2.05, 4.69) is 34.5 Å². The normalized spacial score (nSPS) is 16.2. The van der Waals surface area contributed by atoms with Gasteiger partial charge in [0, 0.05) is 11.3 Å². The number of Topliss-reactive ketones (excluding diaryl/α,β-unsaturated/α-hetero) is 1. The van der Waals surface area contributed by atoms with E-state index in [0.29, 0.717) is 33.6 Å². The maximum Gasteiger partial charge on any atom is 0.301 e. The number of hydrogen-bond donors (Lipinski definition) is 1. The number of fused-ring (bicyclic) bond motifs is 1. The van der Waals surface area contributed by atoms with Crippen molar-refractivity contribution in [2.75, 3.05) is 11.5 Å². The molecule has 1 N–H and O–H groups in total. The summed E-state index contributed by atoms with van der Waals surface area (Å²) in [6.45, 7) is 4.15. The predicted molar refractivity (Wildman–Crippen MR) is 172 cm³/mol. The smallest absolute Gasteiger partial charge is 0.301 e. The molecular formula is C34H28FN3O4S2. The lowest BCUT2D eigenvalue weighted by atomic mass is 9.95. The number of rotatable bonds is 9. The van der Waals surface area contributed by atoms with Crippen molar-refractivity contribution in [3.63, 3.8) is 0 Å². The number of halogens is 1. The summed E-state index contributed by atoms with van der Waals surface area (Å²) in [5.74, 6) is -1.46. The molecule has 4 aromatic carbocycles. The summed E-state index contributed by atoms with van der Waals surface area (Å²) in [4.78, 5) is 28.3. The van der Waals surface area contributed by atoms with E-state index in [0.717, 1.165) is 28.8 Å². The molecule has 0 saturated carbocycles. The van der Waals surface area contributed by atoms with Crippen LogP contribution in [0.25, 0.3) is 16.5 Å². The molecule has 1 aromatic heterocycles. The second kappa shape index (κ2) is 12.6. The summed E-state index contributed by atoms with van der Waals surface area (Å²) < 4.78 is 20.8. The van der Waals surface area contributed by atoms with Crippen LogP contribution in [0, 0.1) is 12.7 Å². The Hall–Kier alpha value is -4.54. The first-order valence-electron chi connectivity index (χ1n) is 14.1. The number of aromatic nitrogens is 2. The molecule has 5 aromatic rings. The summed E-state index contributed by atoms with van der Waals surface area (Å²) in [6, 6.07) is 24.5. The Morgan fingerprint density at radius 2 is 1.80 bits per heavy atom. The molecule has 0 radical (unpaired) electrons. The second-order valence-electron chi connectivity index (χ2n) is 10.3. The maximum absolute atomic E-state index is 14.5. The summed E-state index contributed by atoms with van der Waals surface area (Å²) in [5, 5.41) is 22.5. The van der Waals surface area contributed by atoms with Crippen molar-refractivity contribution in [1.29, 1.82) is 0 Å². The molecule has 1 atom stereocenters. The summed E-state index contributed by atoms with van der Waals surface area (Å²) in [7, 11) is 0. The molecular weight excluding hydrogens is 598 g/mol. The predicted octanol–water partition coefficient (Wildman–Crippen LogP) is 7.85. The van der Waals surface area contributed by atoms with Crippen molar-refractivity contribution in [3.8, 4) is 5.75 Å². The molecule has 10 heteroatoms. The van der Waals surface area contributed by atoms with Gasteiger partial charge in [-0.1, -0.05) is 96.8 Å². The number of thioether (sulfide) groups is 1. The number of benzene rings is 4. The van der Waals surface area contributed by atoms with Gasteiger partial charge in [0.1, 0.15) is 17.3 Å². The number of aliphatic hydroxyl groups excluding tert-OH is 1. The van der Waals surface area contributed by atoms with E-state index in [1.54, 1.807) is 31.2 Å². The van der Waals surface area contributed by atoms with Gasteiger partial charge < -0.3 is 9.84 Å².